The van der Waals surface area contributed by atoms with Crippen LogP contribution in [-0.2, 0) is 24.4 Å². The van der Waals surface area contributed by atoms with Crippen molar-refractivity contribution in [1.82, 2.24) is 15.1 Å². The van der Waals surface area contributed by atoms with Crippen LogP contribution in [0.1, 0.15) is 49.3 Å². The lowest BCUT2D eigenvalue weighted by molar-refractivity contribution is -0.126. The van der Waals surface area contributed by atoms with Gasteiger partial charge in [0.2, 0.25) is 5.91 Å². The number of hydrogen-bond acceptors (Lipinski definition) is 3. The molecule has 1 amide bonds. The molecule has 4 nitrogen and oxygen atoms in total. The molecule has 172 valence electrons. The standard InChI is InChI=1S/C27H36ClN3O/c1-21-6-5-13-31(18-21)19-23-8-4-7-22(16-23)17-29-27(32)24-11-14-30(15-12-24)20-25-9-2-3-10-26(25)28/h2-4,7-10,16,21,24H,5-6,11-15,17-20H2,1H3,(H,29,32). The van der Waals surface area contributed by atoms with Crippen LogP contribution in [0.4, 0.5) is 0 Å². The molecule has 0 bridgehead atoms. The van der Waals surface area contributed by atoms with Crippen molar-refractivity contribution in [3.63, 3.8) is 0 Å². The number of rotatable bonds is 7. The Morgan fingerprint density at radius 2 is 1.75 bits per heavy atom. The average Bonchev–Trinajstić information content (AvgIpc) is 2.80. The maximum absolute atomic E-state index is 12.8. The molecule has 0 saturated carbocycles. The third kappa shape index (κ3) is 6.57. The fourth-order valence-corrected chi connectivity index (χ4v) is 5.28. The van der Waals surface area contributed by atoms with Crippen LogP contribution in [0.3, 0.4) is 0 Å². The van der Waals surface area contributed by atoms with Crippen LogP contribution in [0.25, 0.3) is 0 Å². The van der Waals surface area contributed by atoms with Gasteiger partial charge in [0.25, 0.3) is 0 Å². The monoisotopic (exact) mass is 453 g/mol. The SMILES string of the molecule is CC1CCCN(Cc2cccc(CNC(=O)C3CCN(Cc4ccccc4Cl)CC3)c2)C1. The molecule has 0 spiro atoms. The molecule has 2 aromatic rings. The first-order valence-electron chi connectivity index (χ1n) is 12.1. The highest BCUT2D eigenvalue weighted by molar-refractivity contribution is 6.31. The quantitative estimate of drug-likeness (QED) is 0.633. The summed E-state index contributed by atoms with van der Waals surface area (Å²) in [6.45, 7) is 9.09. The lowest BCUT2D eigenvalue weighted by Crippen LogP contribution is -2.40. The highest BCUT2D eigenvalue weighted by Crippen LogP contribution is 2.23. The molecule has 2 saturated heterocycles. The number of piperidine rings is 2. The van der Waals surface area contributed by atoms with Crippen molar-refractivity contribution in [3.05, 3.63) is 70.2 Å². The molecule has 0 radical (unpaired) electrons. The van der Waals surface area contributed by atoms with Gasteiger partial charge in [-0.15, -0.1) is 0 Å². The van der Waals surface area contributed by atoms with Crippen LogP contribution in [0.15, 0.2) is 48.5 Å². The molecule has 2 heterocycles. The van der Waals surface area contributed by atoms with Gasteiger partial charge in [-0.25, -0.2) is 0 Å². The van der Waals surface area contributed by atoms with Gasteiger partial charge < -0.3 is 5.32 Å². The second kappa shape index (κ2) is 11.3. The zero-order chi connectivity index (χ0) is 22.3. The van der Waals surface area contributed by atoms with Crippen LogP contribution in [-0.4, -0.2) is 41.9 Å². The van der Waals surface area contributed by atoms with E-state index in [4.69, 9.17) is 11.6 Å². The fourth-order valence-electron chi connectivity index (χ4n) is 5.08. The van der Waals surface area contributed by atoms with E-state index in [0.29, 0.717) is 6.54 Å². The normalized spacial score (nSPS) is 20.9. The number of likely N-dealkylation sites (tertiary alicyclic amines) is 2. The highest BCUT2D eigenvalue weighted by atomic mass is 35.5. The number of hydrogen-bond donors (Lipinski definition) is 1. The number of halogens is 1. The number of carbonyl (C=O) groups excluding carboxylic acids is 1. The Kier molecular flexibility index (Phi) is 8.23. The maximum Gasteiger partial charge on any atom is 0.223 e. The third-order valence-electron chi connectivity index (χ3n) is 6.92. The minimum Gasteiger partial charge on any atom is -0.352 e. The average molecular weight is 454 g/mol. The third-order valence-corrected chi connectivity index (χ3v) is 7.28. The van der Waals surface area contributed by atoms with Crippen molar-refractivity contribution >= 4 is 17.5 Å². The van der Waals surface area contributed by atoms with Crippen molar-refractivity contribution < 1.29 is 4.79 Å². The van der Waals surface area contributed by atoms with Crippen LogP contribution < -0.4 is 5.32 Å². The molecule has 2 aliphatic rings. The Balaban J connectivity index is 1.22. The Hall–Kier alpha value is -1.88. The molecule has 0 aromatic heterocycles. The number of amides is 1. The van der Waals surface area contributed by atoms with Crippen molar-refractivity contribution in [1.29, 1.82) is 0 Å². The summed E-state index contributed by atoms with van der Waals surface area (Å²) in [6, 6.07) is 16.7. The van der Waals surface area contributed by atoms with Gasteiger partial charge in [-0.1, -0.05) is 61.0 Å². The lowest BCUT2D eigenvalue weighted by atomic mass is 9.95. The summed E-state index contributed by atoms with van der Waals surface area (Å²) in [4.78, 5) is 17.7. The lowest BCUT2D eigenvalue weighted by Gasteiger charge is -2.31. The van der Waals surface area contributed by atoms with E-state index in [9.17, 15) is 4.79 Å². The van der Waals surface area contributed by atoms with Gasteiger partial charge >= 0.3 is 0 Å². The second-order valence-corrected chi connectivity index (χ2v) is 10.1. The van der Waals surface area contributed by atoms with Gasteiger partial charge in [0.1, 0.15) is 0 Å². The Morgan fingerprint density at radius 3 is 2.53 bits per heavy atom. The van der Waals surface area contributed by atoms with E-state index in [1.807, 2.05) is 18.2 Å². The summed E-state index contributed by atoms with van der Waals surface area (Å²) >= 11 is 6.30. The zero-order valence-corrected chi connectivity index (χ0v) is 20.0. The summed E-state index contributed by atoms with van der Waals surface area (Å²) in [5.74, 6) is 1.09. The fraction of sp³-hybridized carbons (Fsp3) is 0.519. The molecule has 5 heteroatoms. The predicted octanol–water partition coefficient (Wildman–Crippen LogP) is 5.10. The van der Waals surface area contributed by atoms with E-state index in [1.54, 1.807) is 0 Å². The van der Waals surface area contributed by atoms with Crippen molar-refractivity contribution in [2.24, 2.45) is 11.8 Å². The molecule has 32 heavy (non-hydrogen) atoms. The Bertz CT molecular complexity index is 894. The molecule has 1 atom stereocenters. The molecule has 1 unspecified atom stereocenters. The van der Waals surface area contributed by atoms with E-state index in [-0.39, 0.29) is 11.8 Å². The van der Waals surface area contributed by atoms with E-state index in [1.165, 1.54) is 37.1 Å². The minimum atomic E-state index is 0.107. The summed E-state index contributed by atoms with van der Waals surface area (Å²) in [5, 5.41) is 4.01. The van der Waals surface area contributed by atoms with E-state index in [0.717, 1.165) is 55.5 Å². The van der Waals surface area contributed by atoms with Crippen LogP contribution in [0, 0.1) is 11.8 Å². The summed E-state index contributed by atoms with van der Waals surface area (Å²) in [7, 11) is 0. The molecular formula is C27H36ClN3O. The van der Waals surface area contributed by atoms with Gasteiger partial charge in [0.05, 0.1) is 0 Å². The predicted molar refractivity (Wildman–Crippen MR) is 131 cm³/mol. The van der Waals surface area contributed by atoms with Crippen molar-refractivity contribution in [2.45, 2.75) is 52.2 Å². The number of nitrogens with zero attached hydrogens (tertiary/aromatic N) is 2. The first-order valence-corrected chi connectivity index (χ1v) is 12.5. The van der Waals surface area contributed by atoms with E-state index in [2.05, 4.69) is 52.4 Å². The highest BCUT2D eigenvalue weighted by Gasteiger charge is 2.25. The number of benzene rings is 2. The maximum atomic E-state index is 12.8. The van der Waals surface area contributed by atoms with Crippen LogP contribution >= 0.6 is 11.6 Å². The minimum absolute atomic E-state index is 0.107. The number of nitrogens with one attached hydrogen (secondary N) is 1. The van der Waals surface area contributed by atoms with Crippen molar-refractivity contribution in [3.8, 4) is 0 Å². The first-order chi connectivity index (χ1) is 15.6. The van der Waals surface area contributed by atoms with E-state index >= 15 is 0 Å². The molecule has 1 N–H and O–H groups in total. The molecule has 2 aliphatic heterocycles. The van der Waals surface area contributed by atoms with Gasteiger partial charge in [-0.2, -0.15) is 0 Å². The molecular weight excluding hydrogens is 418 g/mol. The topological polar surface area (TPSA) is 35.6 Å². The molecule has 4 rings (SSSR count). The summed E-state index contributed by atoms with van der Waals surface area (Å²) in [6.07, 6.45) is 4.46. The molecule has 2 fully saturated rings. The molecule has 2 aromatic carbocycles. The van der Waals surface area contributed by atoms with Gasteiger partial charge in [-0.05, 0) is 74.0 Å². The van der Waals surface area contributed by atoms with E-state index < -0.39 is 0 Å². The smallest absolute Gasteiger partial charge is 0.223 e. The summed E-state index contributed by atoms with van der Waals surface area (Å²) in [5.41, 5.74) is 3.70. The van der Waals surface area contributed by atoms with Crippen molar-refractivity contribution in [2.75, 3.05) is 26.2 Å². The number of carbonyl (C=O) groups is 1. The largest absolute Gasteiger partial charge is 0.352 e. The van der Waals surface area contributed by atoms with Gasteiger partial charge in [-0.3, -0.25) is 14.6 Å². The first kappa shape index (κ1) is 23.3. The zero-order valence-electron chi connectivity index (χ0n) is 19.2. The Morgan fingerprint density at radius 1 is 0.969 bits per heavy atom. The van der Waals surface area contributed by atoms with Gasteiger partial charge in [0, 0.05) is 37.1 Å². The summed E-state index contributed by atoms with van der Waals surface area (Å²) < 4.78 is 0. The van der Waals surface area contributed by atoms with Gasteiger partial charge in [0.15, 0.2) is 0 Å². The second-order valence-electron chi connectivity index (χ2n) is 9.66. The Labute approximate surface area is 197 Å². The molecule has 0 aliphatic carbocycles. The van der Waals surface area contributed by atoms with Crippen LogP contribution in [0.5, 0.6) is 0 Å². The van der Waals surface area contributed by atoms with Crippen LogP contribution in [0.2, 0.25) is 5.02 Å².